The fourth-order valence-electron chi connectivity index (χ4n) is 3.20. The number of carbonyl (C=O) groups excluding carboxylic acids is 1. The number of anilines is 1. The van der Waals surface area contributed by atoms with Gasteiger partial charge in [0.05, 0.1) is 0 Å². The summed E-state index contributed by atoms with van der Waals surface area (Å²) in [6.07, 6.45) is 0. The van der Waals surface area contributed by atoms with Crippen LogP contribution in [-0.4, -0.2) is 22.7 Å². The molecule has 4 aromatic rings. The summed E-state index contributed by atoms with van der Waals surface area (Å²) in [5, 5.41) is 4.17. The third kappa shape index (κ3) is 4.27. The standard InChI is InChI=1S/C25H20FN3O3/c1-17-16-23(30)24(27-29(17)22-11-7-6-10-21(22)26)25(31)28(2)18-12-14-20(15-13-18)32-19-8-4-3-5-9-19/h3-16H,1-2H3. The van der Waals surface area contributed by atoms with E-state index in [2.05, 4.69) is 5.10 Å². The molecular weight excluding hydrogens is 409 g/mol. The van der Waals surface area contributed by atoms with Gasteiger partial charge < -0.3 is 9.64 Å². The number of aromatic nitrogens is 2. The molecule has 0 aliphatic rings. The molecule has 0 spiro atoms. The van der Waals surface area contributed by atoms with Crippen molar-refractivity contribution < 1.29 is 13.9 Å². The second kappa shape index (κ2) is 8.85. The molecule has 7 heteroatoms. The minimum Gasteiger partial charge on any atom is -0.457 e. The van der Waals surface area contributed by atoms with Gasteiger partial charge in [-0.05, 0) is 55.5 Å². The minimum atomic E-state index is -0.600. The van der Waals surface area contributed by atoms with E-state index >= 15 is 0 Å². The van der Waals surface area contributed by atoms with Crippen molar-refractivity contribution in [3.8, 4) is 17.2 Å². The highest BCUT2D eigenvalue weighted by molar-refractivity contribution is 6.04. The highest BCUT2D eigenvalue weighted by atomic mass is 19.1. The molecule has 1 amide bonds. The smallest absolute Gasteiger partial charge is 0.282 e. The van der Waals surface area contributed by atoms with Crippen molar-refractivity contribution in [3.05, 3.63) is 112 Å². The highest BCUT2D eigenvalue weighted by Crippen LogP contribution is 2.24. The van der Waals surface area contributed by atoms with E-state index < -0.39 is 17.2 Å². The Morgan fingerprint density at radius 1 is 0.938 bits per heavy atom. The maximum Gasteiger partial charge on any atom is 0.282 e. The van der Waals surface area contributed by atoms with Gasteiger partial charge in [0.25, 0.3) is 5.91 Å². The molecule has 0 unspecified atom stereocenters. The lowest BCUT2D eigenvalue weighted by Crippen LogP contribution is -2.33. The second-order valence-electron chi connectivity index (χ2n) is 7.13. The second-order valence-corrected chi connectivity index (χ2v) is 7.13. The summed E-state index contributed by atoms with van der Waals surface area (Å²) in [6.45, 7) is 1.63. The first-order valence-corrected chi connectivity index (χ1v) is 9.91. The van der Waals surface area contributed by atoms with Crippen molar-refractivity contribution in [3.63, 3.8) is 0 Å². The first kappa shape index (κ1) is 21.0. The topological polar surface area (TPSA) is 64.4 Å². The SMILES string of the molecule is Cc1cc(=O)c(C(=O)N(C)c2ccc(Oc3ccccc3)cc2)nn1-c1ccccc1F. The van der Waals surface area contributed by atoms with Crippen molar-refractivity contribution >= 4 is 11.6 Å². The van der Waals surface area contributed by atoms with Gasteiger partial charge in [-0.1, -0.05) is 30.3 Å². The maximum atomic E-state index is 14.3. The minimum absolute atomic E-state index is 0.157. The van der Waals surface area contributed by atoms with E-state index in [0.29, 0.717) is 22.9 Å². The zero-order chi connectivity index (χ0) is 22.7. The highest BCUT2D eigenvalue weighted by Gasteiger charge is 2.21. The zero-order valence-corrected chi connectivity index (χ0v) is 17.5. The van der Waals surface area contributed by atoms with E-state index in [9.17, 15) is 14.0 Å². The Labute approximate surface area is 184 Å². The van der Waals surface area contributed by atoms with Crippen LogP contribution in [0.2, 0.25) is 0 Å². The van der Waals surface area contributed by atoms with Crippen LogP contribution in [0.4, 0.5) is 10.1 Å². The Kier molecular flexibility index (Phi) is 5.81. The number of hydrogen-bond acceptors (Lipinski definition) is 4. The first-order chi connectivity index (χ1) is 15.4. The van der Waals surface area contributed by atoms with Crippen molar-refractivity contribution in [1.82, 2.24) is 9.78 Å². The number of rotatable bonds is 5. The molecule has 0 aliphatic heterocycles. The average Bonchev–Trinajstić information content (AvgIpc) is 2.80. The molecule has 0 saturated carbocycles. The molecule has 0 atom stereocenters. The molecule has 0 radical (unpaired) electrons. The van der Waals surface area contributed by atoms with Crippen LogP contribution in [0, 0.1) is 12.7 Å². The third-order valence-corrected chi connectivity index (χ3v) is 4.90. The summed E-state index contributed by atoms with van der Waals surface area (Å²) in [7, 11) is 1.55. The molecule has 0 fully saturated rings. The molecule has 1 heterocycles. The van der Waals surface area contributed by atoms with Crippen LogP contribution in [0.15, 0.2) is 89.7 Å². The van der Waals surface area contributed by atoms with Crippen LogP contribution in [0.1, 0.15) is 16.2 Å². The first-order valence-electron chi connectivity index (χ1n) is 9.91. The lowest BCUT2D eigenvalue weighted by Gasteiger charge is -2.18. The summed E-state index contributed by atoms with van der Waals surface area (Å²) < 4.78 is 21.3. The van der Waals surface area contributed by atoms with E-state index in [0.717, 1.165) is 0 Å². The predicted octanol–water partition coefficient (Wildman–Crippen LogP) is 4.75. The number of carbonyl (C=O) groups is 1. The Hall–Kier alpha value is -4.26. The summed E-state index contributed by atoms with van der Waals surface area (Å²) in [5.74, 6) is 0.197. The zero-order valence-electron chi connectivity index (χ0n) is 17.5. The number of benzene rings is 3. The van der Waals surface area contributed by atoms with Crippen molar-refractivity contribution in [1.29, 1.82) is 0 Å². The lowest BCUT2D eigenvalue weighted by molar-refractivity contribution is 0.0985. The number of halogens is 1. The van der Waals surface area contributed by atoms with Gasteiger partial charge in [-0.2, -0.15) is 5.10 Å². The number of aryl methyl sites for hydroxylation is 1. The third-order valence-electron chi connectivity index (χ3n) is 4.90. The average molecular weight is 429 g/mol. The summed E-state index contributed by atoms with van der Waals surface area (Å²) >= 11 is 0. The Balaban J connectivity index is 1.61. The summed E-state index contributed by atoms with van der Waals surface area (Å²) in [4.78, 5) is 26.9. The largest absolute Gasteiger partial charge is 0.457 e. The van der Waals surface area contributed by atoms with Crippen LogP contribution < -0.4 is 15.1 Å². The summed E-state index contributed by atoms with van der Waals surface area (Å²) in [6, 6.07) is 23.5. The van der Waals surface area contributed by atoms with Crippen molar-refractivity contribution in [2.75, 3.05) is 11.9 Å². The molecule has 32 heavy (non-hydrogen) atoms. The predicted molar refractivity (Wildman–Crippen MR) is 120 cm³/mol. The number of hydrogen-bond donors (Lipinski definition) is 0. The van der Waals surface area contributed by atoms with E-state index in [1.54, 1.807) is 50.4 Å². The van der Waals surface area contributed by atoms with Crippen LogP contribution in [0.5, 0.6) is 11.5 Å². The maximum absolute atomic E-state index is 14.3. The van der Waals surface area contributed by atoms with Gasteiger partial charge in [-0.25, -0.2) is 9.07 Å². The van der Waals surface area contributed by atoms with Gasteiger partial charge in [0.15, 0.2) is 5.69 Å². The molecule has 3 aromatic carbocycles. The number of ether oxygens (including phenoxy) is 1. The van der Waals surface area contributed by atoms with E-state index in [1.165, 1.54) is 27.8 Å². The van der Waals surface area contributed by atoms with Crippen LogP contribution in [-0.2, 0) is 0 Å². The monoisotopic (exact) mass is 429 g/mol. The molecular formula is C25H20FN3O3. The molecule has 4 rings (SSSR count). The van der Waals surface area contributed by atoms with E-state index in [1.807, 2.05) is 30.3 Å². The van der Waals surface area contributed by atoms with Gasteiger partial charge in [0.2, 0.25) is 5.43 Å². The van der Waals surface area contributed by atoms with Crippen LogP contribution in [0.3, 0.4) is 0 Å². The fraction of sp³-hybridized carbons (Fsp3) is 0.0800. The molecule has 0 bridgehead atoms. The van der Waals surface area contributed by atoms with Gasteiger partial charge >= 0.3 is 0 Å². The van der Waals surface area contributed by atoms with E-state index in [4.69, 9.17) is 4.74 Å². The normalized spacial score (nSPS) is 10.6. The van der Waals surface area contributed by atoms with Gasteiger partial charge in [0, 0.05) is 24.5 Å². The van der Waals surface area contributed by atoms with Gasteiger partial charge in [0.1, 0.15) is 23.0 Å². The summed E-state index contributed by atoms with van der Waals surface area (Å²) in [5.41, 5.74) is 0.294. The Bertz CT molecular complexity index is 1320. The Morgan fingerprint density at radius 3 is 2.25 bits per heavy atom. The molecule has 160 valence electrons. The Morgan fingerprint density at radius 2 is 1.56 bits per heavy atom. The number of amides is 1. The number of para-hydroxylation sites is 2. The van der Waals surface area contributed by atoms with Crippen molar-refractivity contribution in [2.24, 2.45) is 0 Å². The molecule has 0 saturated heterocycles. The quantitative estimate of drug-likeness (QED) is 0.459. The molecule has 0 aliphatic carbocycles. The van der Waals surface area contributed by atoms with Crippen molar-refractivity contribution in [2.45, 2.75) is 6.92 Å². The molecule has 0 N–H and O–H groups in total. The van der Waals surface area contributed by atoms with E-state index in [-0.39, 0.29) is 11.4 Å². The van der Waals surface area contributed by atoms with Gasteiger partial charge in [-0.15, -0.1) is 0 Å². The lowest BCUT2D eigenvalue weighted by atomic mass is 10.2. The molecule has 1 aromatic heterocycles. The molecule has 6 nitrogen and oxygen atoms in total. The fourth-order valence-corrected chi connectivity index (χ4v) is 3.20. The van der Waals surface area contributed by atoms with Crippen LogP contribution >= 0.6 is 0 Å². The number of nitrogens with zero attached hydrogens (tertiary/aromatic N) is 3. The van der Waals surface area contributed by atoms with Gasteiger partial charge in [-0.3, -0.25) is 9.59 Å². The van der Waals surface area contributed by atoms with Crippen LogP contribution in [0.25, 0.3) is 5.69 Å².